The van der Waals surface area contributed by atoms with Crippen LogP contribution in [0.1, 0.15) is 23.3 Å². The summed E-state index contributed by atoms with van der Waals surface area (Å²) in [6.07, 6.45) is 11.4. The van der Waals surface area contributed by atoms with E-state index in [1.54, 1.807) is 18.6 Å². The first-order valence-electron chi connectivity index (χ1n) is 6.05. The van der Waals surface area contributed by atoms with Crippen molar-refractivity contribution < 1.29 is 4.79 Å². The van der Waals surface area contributed by atoms with E-state index in [-0.39, 0.29) is 5.91 Å². The lowest BCUT2D eigenvalue weighted by Gasteiger charge is -2.17. The first-order chi connectivity index (χ1) is 8.34. The van der Waals surface area contributed by atoms with Crippen molar-refractivity contribution in [3.8, 4) is 0 Å². The van der Waals surface area contributed by atoms with Crippen LogP contribution in [0.15, 0.2) is 30.7 Å². The van der Waals surface area contributed by atoms with E-state index < -0.39 is 0 Å². The van der Waals surface area contributed by atoms with Crippen LogP contribution in [0, 0.1) is 11.8 Å². The molecule has 2 aliphatic rings. The monoisotopic (exact) mass is 229 g/mol. The average molecular weight is 229 g/mol. The van der Waals surface area contributed by atoms with Gasteiger partial charge >= 0.3 is 0 Å². The van der Waals surface area contributed by atoms with Crippen LogP contribution in [0.4, 0.5) is 0 Å². The van der Waals surface area contributed by atoms with Gasteiger partial charge in [0, 0.05) is 25.5 Å². The van der Waals surface area contributed by atoms with Gasteiger partial charge in [-0.15, -0.1) is 0 Å². The molecule has 17 heavy (non-hydrogen) atoms. The van der Waals surface area contributed by atoms with Crippen molar-refractivity contribution in [3.05, 3.63) is 36.4 Å². The fourth-order valence-corrected chi connectivity index (χ4v) is 2.75. The van der Waals surface area contributed by atoms with Crippen molar-refractivity contribution in [1.82, 2.24) is 14.9 Å². The normalized spacial score (nSPS) is 26.9. The van der Waals surface area contributed by atoms with Gasteiger partial charge in [-0.3, -0.25) is 9.78 Å². The van der Waals surface area contributed by atoms with Crippen LogP contribution >= 0.6 is 0 Å². The summed E-state index contributed by atoms with van der Waals surface area (Å²) in [5, 5.41) is 0. The Morgan fingerprint density at radius 3 is 2.47 bits per heavy atom. The molecule has 2 atom stereocenters. The molecule has 1 aliphatic heterocycles. The maximum absolute atomic E-state index is 12.2. The molecule has 1 saturated heterocycles. The van der Waals surface area contributed by atoms with Crippen molar-refractivity contribution in [2.24, 2.45) is 11.8 Å². The lowest BCUT2D eigenvalue weighted by Crippen LogP contribution is -2.29. The van der Waals surface area contributed by atoms with Gasteiger partial charge in [0.1, 0.15) is 5.69 Å². The predicted molar refractivity (Wildman–Crippen MR) is 63.3 cm³/mol. The number of hydrogen-bond donors (Lipinski definition) is 0. The molecule has 1 fully saturated rings. The summed E-state index contributed by atoms with van der Waals surface area (Å²) in [4.78, 5) is 22.1. The van der Waals surface area contributed by atoms with Gasteiger partial charge in [-0.1, -0.05) is 12.2 Å². The van der Waals surface area contributed by atoms with Gasteiger partial charge in [0.05, 0.1) is 6.20 Å². The number of carbonyl (C=O) groups is 1. The van der Waals surface area contributed by atoms with Crippen LogP contribution in [-0.2, 0) is 0 Å². The summed E-state index contributed by atoms with van der Waals surface area (Å²) < 4.78 is 0. The predicted octanol–water partition coefficient (Wildman–Crippen LogP) is 1.51. The van der Waals surface area contributed by atoms with E-state index in [2.05, 4.69) is 22.1 Å². The molecule has 2 heterocycles. The molecule has 0 bridgehead atoms. The molecule has 2 unspecified atom stereocenters. The molecule has 1 aromatic heterocycles. The molecule has 3 rings (SSSR count). The van der Waals surface area contributed by atoms with Crippen molar-refractivity contribution in [1.29, 1.82) is 0 Å². The van der Waals surface area contributed by atoms with Crippen LogP contribution in [0.5, 0.6) is 0 Å². The van der Waals surface area contributed by atoms with Crippen molar-refractivity contribution >= 4 is 5.91 Å². The molecule has 4 nitrogen and oxygen atoms in total. The van der Waals surface area contributed by atoms with E-state index in [0.29, 0.717) is 17.5 Å². The number of likely N-dealkylation sites (tertiary alicyclic amines) is 1. The van der Waals surface area contributed by atoms with Gasteiger partial charge in [-0.25, -0.2) is 4.98 Å². The summed E-state index contributed by atoms with van der Waals surface area (Å²) in [5.74, 6) is 1.30. The number of fused-ring (bicyclic) bond motifs is 1. The second kappa shape index (κ2) is 4.28. The lowest BCUT2D eigenvalue weighted by molar-refractivity contribution is 0.0778. The topological polar surface area (TPSA) is 46.1 Å². The maximum atomic E-state index is 12.2. The summed E-state index contributed by atoms with van der Waals surface area (Å²) in [5.41, 5.74) is 0.458. The van der Waals surface area contributed by atoms with Gasteiger partial charge in [-0.2, -0.15) is 0 Å². The molecule has 1 aliphatic carbocycles. The van der Waals surface area contributed by atoms with Gasteiger partial charge in [0.15, 0.2) is 0 Å². The zero-order valence-corrected chi connectivity index (χ0v) is 9.62. The van der Waals surface area contributed by atoms with Crippen LogP contribution in [0.2, 0.25) is 0 Å². The summed E-state index contributed by atoms with van der Waals surface area (Å²) in [6, 6.07) is 0. The van der Waals surface area contributed by atoms with E-state index in [4.69, 9.17) is 0 Å². The van der Waals surface area contributed by atoms with Crippen LogP contribution in [-0.4, -0.2) is 33.9 Å². The minimum Gasteiger partial charge on any atom is -0.337 e. The Balaban J connectivity index is 1.73. The Bertz CT molecular complexity index is 427. The number of amides is 1. The fraction of sp³-hybridized carbons (Fsp3) is 0.462. The highest BCUT2D eigenvalue weighted by molar-refractivity contribution is 5.92. The van der Waals surface area contributed by atoms with E-state index >= 15 is 0 Å². The molecule has 1 amide bonds. The molecule has 0 spiro atoms. The zero-order valence-electron chi connectivity index (χ0n) is 9.62. The summed E-state index contributed by atoms with van der Waals surface area (Å²) in [7, 11) is 0. The molecule has 0 radical (unpaired) electrons. The summed E-state index contributed by atoms with van der Waals surface area (Å²) in [6.45, 7) is 1.73. The number of aromatic nitrogens is 2. The van der Waals surface area contributed by atoms with E-state index in [9.17, 15) is 4.79 Å². The van der Waals surface area contributed by atoms with Gasteiger partial charge in [-0.05, 0) is 24.7 Å². The molecule has 88 valence electrons. The number of nitrogens with zero attached hydrogens (tertiary/aromatic N) is 3. The minimum absolute atomic E-state index is 0.0208. The number of allylic oxidation sites excluding steroid dienone is 2. The molecule has 0 N–H and O–H groups in total. The fourth-order valence-electron chi connectivity index (χ4n) is 2.75. The Labute approximate surface area is 100 Å². The van der Waals surface area contributed by atoms with Crippen LogP contribution < -0.4 is 0 Å². The Morgan fingerprint density at radius 2 is 1.88 bits per heavy atom. The van der Waals surface area contributed by atoms with E-state index in [1.807, 2.05) is 4.90 Å². The second-order valence-corrected chi connectivity index (χ2v) is 4.76. The third-order valence-corrected chi connectivity index (χ3v) is 3.69. The Hall–Kier alpha value is -1.71. The first-order valence-corrected chi connectivity index (χ1v) is 6.05. The van der Waals surface area contributed by atoms with Gasteiger partial charge in [0.2, 0.25) is 0 Å². The van der Waals surface area contributed by atoms with Crippen molar-refractivity contribution in [2.45, 2.75) is 12.8 Å². The van der Waals surface area contributed by atoms with Gasteiger partial charge < -0.3 is 4.90 Å². The average Bonchev–Trinajstić information content (AvgIpc) is 2.82. The summed E-state index contributed by atoms with van der Waals surface area (Å²) >= 11 is 0. The second-order valence-electron chi connectivity index (χ2n) is 4.76. The largest absolute Gasteiger partial charge is 0.337 e. The Kier molecular flexibility index (Phi) is 2.63. The lowest BCUT2D eigenvalue weighted by atomic mass is 9.86. The molecule has 0 saturated carbocycles. The third-order valence-electron chi connectivity index (χ3n) is 3.69. The Morgan fingerprint density at radius 1 is 1.18 bits per heavy atom. The number of hydrogen-bond acceptors (Lipinski definition) is 3. The molecule has 4 heteroatoms. The number of rotatable bonds is 1. The van der Waals surface area contributed by atoms with Crippen LogP contribution in [0.3, 0.4) is 0 Å². The molecular formula is C13H15N3O. The van der Waals surface area contributed by atoms with Crippen LogP contribution in [0.25, 0.3) is 0 Å². The molecule has 1 aromatic rings. The van der Waals surface area contributed by atoms with Crippen molar-refractivity contribution in [3.63, 3.8) is 0 Å². The maximum Gasteiger partial charge on any atom is 0.274 e. The first kappa shape index (κ1) is 10.4. The standard InChI is InChI=1S/C13H15N3O/c17-13(12-7-14-5-6-15-12)16-8-10-3-1-2-4-11(10)9-16/h1-2,5-7,10-11H,3-4,8-9H2. The molecular weight excluding hydrogens is 214 g/mol. The molecule has 0 aromatic carbocycles. The highest BCUT2D eigenvalue weighted by Gasteiger charge is 2.35. The smallest absolute Gasteiger partial charge is 0.274 e. The minimum atomic E-state index is 0.0208. The third kappa shape index (κ3) is 1.95. The highest BCUT2D eigenvalue weighted by Crippen LogP contribution is 2.33. The zero-order chi connectivity index (χ0) is 11.7. The van der Waals surface area contributed by atoms with E-state index in [0.717, 1.165) is 25.9 Å². The van der Waals surface area contributed by atoms with Crippen molar-refractivity contribution in [2.75, 3.05) is 13.1 Å². The van der Waals surface area contributed by atoms with Gasteiger partial charge in [0.25, 0.3) is 5.91 Å². The highest BCUT2D eigenvalue weighted by atomic mass is 16.2. The van der Waals surface area contributed by atoms with E-state index in [1.165, 1.54) is 0 Å². The quantitative estimate of drug-likeness (QED) is 0.686. The number of carbonyl (C=O) groups excluding carboxylic acids is 1. The SMILES string of the molecule is O=C(c1cnccn1)N1CC2CC=CCC2C1.